The number of esters is 4. The van der Waals surface area contributed by atoms with Gasteiger partial charge in [-0.15, -0.1) is 0 Å². The first-order chi connectivity index (χ1) is 24.1. The summed E-state index contributed by atoms with van der Waals surface area (Å²) in [5.41, 5.74) is 2.94. The zero-order valence-electron chi connectivity index (χ0n) is 28.7. The second kappa shape index (κ2) is 17.6. The number of hydrogen-bond acceptors (Lipinski definition) is 13. The molecule has 13 nitrogen and oxygen atoms in total. The van der Waals surface area contributed by atoms with Crippen molar-refractivity contribution < 1.29 is 60.2 Å². The van der Waals surface area contributed by atoms with Crippen LogP contribution >= 0.6 is 11.6 Å². The van der Waals surface area contributed by atoms with Crippen molar-refractivity contribution in [3.63, 3.8) is 0 Å². The molecule has 0 N–H and O–H groups in total. The van der Waals surface area contributed by atoms with Gasteiger partial charge in [0.15, 0.2) is 18.3 Å². The summed E-state index contributed by atoms with van der Waals surface area (Å²) in [6.45, 7) is 6.00. The molecule has 1 aliphatic heterocycles. The zero-order valence-corrected chi connectivity index (χ0v) is 30.2. The molecule has 0 amide bonds. The standard InChI is InChI=1S/C36H39ClO13S/c1-21-6-13-30(14-7-21)51(42,43)46-17-16-44-29-11-8-26(9-12-29)18-28-19-27(10-15-31(28)37)33-35(48-24(4)40)36(49-25(5)41)34(47-23(3)39)32(50-33)20-45-22(2)38/h6-15,19,32-36H,16-18,20H2,1-5H3/t32-,33+,34-,35+,36+/m1/s1. The summed E-state index contributed by atoms with van der Waals surface area (Å²) in [7, 11) is -3.91. The van der Waals surface area contributed by atoms with E-state index in [2.05, 4.69) is 0 Å². The van der Waals surface area contributed by atoms with Crippen LogP contribution in [0.1, 0.15) is 56.1 Å². The van der Waals surface area contributed by atoms with Gasteiger partial charge in [-0.05, 0) is 60.4 Å². The molecular formula is C36H39ClO13S. The lowest BCUT2D eigenvalue weighted by atomic mass is 9.89. The van der Waals surface area contributed by atoms with Gasteiger partial charge in [-0.2, -0.15) is 8.42 Å². The van der Waals surface area contributed by atoms with Gasteiger partial charge in [0, 0.05) is 32.7 Å². The van der Waals surface area contributed by atoms with Crippen LogP contribution in [0.3, 0.4) is 0 Å². The van der Waals surface area contributed by atoms with E-state index < -0.39 is 64.5 Å². The molecule has 3 aromatic rings. The molecule has 4 rings (SSSR count). The van der Waals surface area contributed by atoms with E-state index in [1.165, 1.54) is 26.0 Å². The molecule has 1 heterocycles. The topological polar surface area (TPSA) is 167 Å². The summed E-state index contributed by atoms with van der Waals surface area (Å²) in [5, 5.41) is 0.427. The smallest absolute Gasteiger partial charge is 0.303 e. The van der Waals surface area contributed by atoms with E-state index in [1.54, 1.807) is 42.5 Å². The molecule has 5 atom stereocenters. The molecular weight excluding hydrogens is 708 g/mol. The van der Waals surface area contributed by atoms with Crippen molar-refractivity contribution in [3.05, 3.63) is 94.0 Å². The average Bonchev–Trinajstić information content (AvgIpc) is 3.05. The maximum absolute atomic E-state index is 12.4. The minimum absolute atomic E-state index is 0.00565. The summed E-state index contributed by atoms with van der Waals surface area (Å²) in [5.74, 6) is -2.29. The molecule has 15 heteroatoms. The third-order valence-corrected chi connectivity index (χ3v) is 9.30. The van der Waals surface area contributed by atoms with Crippen LogP contribution in [-0.4, -0.2) is 76.5 Å². The Labute approximate surface area is 301 Å². The number of halogens is 1. The van der Waals surface area contributed by atoms with E-state index in [0.29, 0.717) is 28.3 Å². The quantitative estimate of drug-likeness (QED) is 0.0954. The number of ether oxygens (including phenoxy) is 6. The molecule has 3 aromatic carbocycles. The average molecular weight is 747 g/mol. The lowest BCUT2D eigenvalue weighted by Crippen LogP contribution is -2.59. The number of carbonyl (C=O) groups excluding carboxylic acids is 4. The lowest BCUT2D eigenvalue weighted by molar-refractivity contribution is -0.254. The number of benzene rings is 3. The van der Waals surface area contributed by atoms with Crippen molar-refractivity contribution >= 4 is 45.6 Å². The van der Waals surface area contributed by atoms with Crippen LogP contribution in [0.25, 0.3) is 0 Å². The van der Waals surface area contributed by atoms with Crippen LogP contribution in [0.4, 0.5) is 0 Å². The number of aryl methyl sites for hydroxylation is 1. The Kier molecular flexibility index (Phi) is 13.6. The van der Waals surface area contributed by atoms with Crippen LogP contribution in [0, 0.1) is 6.92 Å². The third kappa shape index (κ3) is 11.2. The first-order valence-corrected chi connectivity index (χ1v) is 17.7. The highest BCUT2D eigenvalue weighted by atomic mass is 35.5. The summed E-state index contributed by atoms with van der Waals surface area (Å²) >= 11 is 6.60. The van der Waals surface area contributed by atoms with E-state index >= 15 is 0 Å². The molecule has 0 aliphatic carbocycles. The van der Waals surface area contributed by atoms with Gasteiger partial charge < -0.3 is 28.4 Å². The maximum Gasteiger partial charge on any atom is 0.303 e. The van der Waals surface area contributed by atoms with Crippen molar-refractivity contribution in [1.82, 2.24) is 0 Å². The van der Waals surface area contributed by atoms with Gasteiger partial charge in [-0.1, -0.05) is 53.6 Å². The molecule has 274 valence electrons. The first kappa shape index (κ1) is 39.3. The van der Waals surface area contributed by atoms with Crippen LogP contribution in [0.2, 0.25) is 5.02 Å². The normalized spacial score (nSPS) is 20.2. The highest BCUT2D eigenvalue weighted by Crippen LogP contribution is 2.39. The Hall–Kier alpha value is -4.50. The van der Waals surface area contributed by atoms with Crippen molar-refractivity contribution in [3.8, 4) is 5.75 Å². The predicted molar refractivity (Wildman–Crippen MR) is 181 cm³/mol. The number of carbonyl (C=O) groups is 4. The van der Waals surface area contributed by atoms with Crippen molar-refractivity contribution in [2.24, 2.45) is 0 Å². The van der Waals surface area contributed by atoms with Gasteiger partial charge in [-0.25, -0.2) is 0 Å². The van der Waals surface area contributed by atoms with Gasteiger partial charge in [0.1, 0.15) is 37.8 Å². The Bertz CT molecular complexity index is 1810. The van der Waals surface area contributed by atoms with E-state index in [-0.39, 0.29) is 24.7 Å². The van der Waals surface area contributed by atoms with E-state index in [0.717, 1.165) is 25.0 Å². The van der Waals surface area contributed by atoms with E-state index in [9.17, 15) is 27.6 Å². The monoisotopic (exact) mass is 746 g/mol. The molecule has 0 radical (unpaired) electrons. The fourth-order valence-corrected chi connectivity index (χ4v) is 6.48. The van der Waals surface area contributed by atoms with Gasteiger partial charge >= 0.3 is 23.9 Å². The largest absolute Gasteiger partial charge is 0.491 e. The summed E-state index contributed by atoms with van der Waals surface area (Å²) < 4.78 is 63.6. The zero-order chi connectivity index (χ0) is 37.3. The van der Waals surface area contributed by atoms with Crippen molar-refractivity contribution in [2.45, 2.75) is 76.5 Å². The third-order valence-electron chi connectivity index (χ3n) is 7.61. The SMILES string of the molecule is CC(=O)OC[C@H]1O[C@@H](c2ccc(Cl)c(Cc3ccc(OCCOS(=O)(=O)c4ccc(C)cc4)cc3)c2)[C@H](OC(C)=O)[C@@H](OC(C)=O)[C@@H]1OC(C)=O. The van der Waals surface area contributed by atoms with Crippen molar-refractivity contribution in [2.75, 3.05) is 19.8 Å². The second-order valence-electron chi connectivity index (χ2n) is 11.7. The fraction of sp³-hybridized carbons (Fsp3) is 0.389. The number of hydrogen-bond donors (Lipinski definition) is 0. The Balaban J connectivity index is 1.51. The van der Waals surface area contributed by atoms with E-state index in [4.69, 9.17) is 44.2 Å². The van der Waals surface area contributed by atoms with Gasteiger partial charge in [-0.3, -0.25) is 23.4 Å². The number of rotatable bonds is 14. The van der Waals surface area contributed by atoms with Gasteiger partial charge in [0.25, 0.3) is 10.1 Å². The molecule has 0 spiro atoms. The second-order valence-corrected chi connectivity index (χ2v) is 13.8. The highest BCUT2D eigenvalue weighted by molar-refractivity contribution is 7.86. The molecule has 51 heavy (non-hydrogen) atoms. The molecule has 0 bridgehead atoms. The maximum atomic E-state index is 12.4. The summed E-state index contributed by atoms with van der Waals surface area (Å²) in [6.07, 6.45) is -5.65. The summed E-state index contributed by atoms with van der Waals surface area (Å²) in [6, 6.07) is 18.5. The predicted octanol–water partition coefficient (Wildman–Crippen LogP) is 4.82. The minimum atomic E-state index is -3.91. The van der Waals surface area contributed by atoms with Crippen LogP contribution in [0.5, 0.6) is 5.75 Å². The van der Waals surface area contributed by atoms with Crippen LogP contribution in [-0.2, 0) is 63.6 Å². The molecule has 1 fully saturated rings. The Morgan fingerprint density at radius 3 is 1.96 bits per heavy atom. The first-order valence-electron chi connectivity index (χ1n) is 15.9. The van der Waals surface area contributed by atoms with Crippen LogP contribution < -0.4 is 4.74 Å². The Morgan fingerprint density at radius 1 is 0.745 bits per heavy atom. The minimum Gasteiger partial charge on any atom is -0.491 e. The molecule has 0 aromatic heterocycles. The highest BCUT2D eigenvalue weighted by Gasteiger charge is 2.52. The van der Waals surface area contributed by atoms with Gasteiger partial charge in [0.2, 0.25) is 0 Å². The molecule has 0 unspecified atom stereocenters. The molecule has 1 saturated heterocycles. The fourth-order valence-electron chi connectivity index (χ4n) is 5.40. The van der Waals surface area contributed by atoms with E-state index in [1.807, 2.05) is 19.1 Å². The van der Waals surface area contributed by atoms with Crippen molar-refractivity contribution in [1.29, 1.82) is 0 Å². The lowest BCUT2D eigenvalue weighted by Gasteiger charge is -2.44. The molecule has 1 aliphatic rings. The van der Waals surface area contributed by atoms with Crippen LogP contribution in [0.15, 0.2) is 71.6 Å². The summed E-state index contributed by atoms with van der Waals surface area (Å²) in [4.78, 5) is 48.3. The van der Waals surface area contributed by atoms with Gasteiger partial charge in [0.05, 0.1) is 4.90 Å². The molecule has 0 saturated carbocycles. The Morgan fingerprint density at radius 2 is 1.35 bits per heavy atom.